The summed E-state index contributed by atoms with van der Waals surface area (Å²) in [5.74, 6) is 1.98. The van der Waals surface area contributed by atoms with Gasteiger partial charge in [-0.15, -0.1) is 0 Å². The fourth-order valence-electron chi connectivity index (χ4n) is 6.49. The molecule has 3 unspecified atom stereocenters. The van der Waals surface area contributed by atoms with Crippen LogP contribution in [-0.2, 0) is 6.54 Å². The molecule has 36 heavy (non-hydrogen) atoms. The first kappa shape index (κ1) is 23.2. The Bertz CT molecular complexity index is 1400. The van der Waals surface area contributed by atoms with Gasteiger partial charge in [-0.25, -0.2) is 0 Å². The Labute approximate surface area is 215 Å². The minimum atomic E-state index is 0.302. The minimum absolute atomic E-state index is 0.302. The van der Waals surface area contributed by atoms with E-state index < -0.39 is 0 Å². The molecule has 3 aromatic carbocycles. The summed E-state index contributed by atoms with van der Waals surface area (Å²) in [7, 11) is 0. The zero-order chi connectivity index (χ0) is 24.5. The van der Waals surface area contributed by atoms with Crippen LogP contribution in [0.1, 0.15) is 75.5 Å². The van der Waals surface area contributed by atoms with Gasteiger partial charge in [0.15, 0.2) is 0 Å². The van der Waals surface area contributed by atoms with E-state index in [1.807, 2.05) is 0 Å². The monoisotopic (exact) mass is 478 g/mol. The van der Waals surface area contributed by atoms with Crippen LogP contribution < -0.4 is 10.1 Å². The number of nitrogens with one attached hydrogen (secondary N) is 1. The Hall–Kier alpha value is -3.20. The van der Waals surface area contributed by atoms with Gasteiger partial charge in [0.25, 0.3) is 0 Å². The summed E-state index contributed by atoms with van der Waals surface area (Å²) < 4.78 is 8.59. The Balaban J connectivity index is 1.27. The highest BCUT2D eigenvalue weighted by Gasteiger charge is 2.38. The predicted octanol–water partition coefficient (Wildman–Crippen LogP) is 8.99. The molecule has 0 amide bonds. The molecule has 1 aliphatic carbocycles. The van der Waals surface area contributed by atoms with Crippen molar-refractivity contribution in [2.24, 2.45) is 5.92 Å². The number of hydrogen-bond acceptors (Lipinski definition) is 2. The maximum atomic E-state index is 6.16. The SMILES string of the molecule is CCCCCCCOc1ccc2c(c1)C1C=CCC1C(c1ccc3c(c1)c1ccccc1n3CC)N2. The topological polar surface area (TPSA) is 26.2 Å². The summed E-state index contributed by atoms with van der Waals surface area (Å²) in [6.07, 6.45) is 12.2. The molecule has 1 N–H and O–H groups in total. The van der Waals surface area contributed by atoms with E-state index >= 15 is 0 Å². The molecule has 0 saturated heterocycles. The van der Waals surface area contributed by atoms with Gasteiger partial charge in [0, 0.05) is 40.0 Å². The van der Waals surface area contributed by atoms with E-state index in [2.05, 4.69) is 96.5 Å². The van der Waals surface area contributed by atoms with Crippen LogP contribution in [0.25, 0.3) is 21.8 Å². The summed E-state index contributed by atoms with van der Waals surface area (Å²) >= 11 is 0. The second-order valence-electron chi connectivity index (χ2n) is 10.5. The van der Waals surface area contributed by atoms with Crippen molar-refractivity contribution in [2.45, 2.75) is 70.9 Å². The largest absolute Gasteiger partial charge is 0.494 e. The number of fused-ring (bicyclic) bond motifs is 6. The molecule has 1 aliphatic heterocycles. The molecule has 3 atom stereocenters. The lowest BCUT2D eigenvalue weighted by molar-refractivity contribution is 0.303. The van der Waals surface area contributed by atoms with Crippen molar-refractivity contribution in [3.63, 3.8) is 0 Å². The first-order valence-corrected chi connectivity index (χ1v) is 14.0. The normalized spacial score (nSPS) is 20.4. The number of unbranched alkanes of at least 4 members (excludes halogenated alkanes) is 4. The van der Waals surface area contributed by atoms with Crippen LogP contribution in [0.15, 0.2) is 72.8 Å². The van der Waals surface area contributed by atoms with Crippen molar-refractivity contribution in [2.75, 3.05) is 11.9 Å². The van der Waals surface area contributed by atoms with Gasteiger partial charge in [-0.2, -0.15) is 0 Å². The molecule has 0 radical (unpaired) electrons. The molecule has 3 nitrogen and oxygen atoms in total. The third-order valence-corrected chi connectivity index (χ3v) is 8.32. The number of allylic oxidation sites excluding steroid dienone is 2. The summed E-state index contributed by atoms with van der Waals surface area (Å²) in [5, 5.41) is 6.65. The smallest absolute Gasteiger partial charge is 0.119 e. The average Bonchev–Trinajstić information content (AvgIpc) is 3.53. The molecule has 3 heteroatoms. The summed E-state index contributed by atoms with van der Waals surface area (Å²) in [5.41, 5.74) is 6.68. The van der Waals surface area contributed by atoms with Crippen LogP contribution in [0.3, 0.4) is 0 Å². The first-order valence-electron chi connectivity index (χ1n) is 14.0. The number of aromatic nitrogens is 1. The van der Waals surface area contributed by atoms with Gasteiger partial charge in [-0.1, -0.05) is 69.0 Å². The van der Waals surface area contributed by atoms with Gasteiger partial charge in [0.2, 0.25) is 0 Å². The molecule has 0 saturated carbocycles. The molecule has 0 spiro atoms. The highest BCUT2D eigenvalue weighted by atomic mass is 16.5. The van der Waals surface area contributed by atoms with E-state index in [1.54, 1.807) is 0 Å². The Morgan fingerprint density at radius 2 is 1.75 bits per heavy atom. The maximum absolute atomic E-state index is 6.16. The van der Waals surface area contributed by atoms with Crippen LogP contribution >= 0.6 is 0 Å². The highest BCUT2D eigenvalue weighted by Crippen LogP contribution is 2.51. The Kier molecular flexibility index (Phi) is 6.48. The molecule has 4 aromatic rings. The summed E-state index contributed by atoms with van der Waals surface area (Å²) in [4.78, 5) is 0. The number of anilines is 1. The lowest BCUT2D eigenvalue weighted by Gasteiger charge is -2.37. The third kappa shape index (κ3) is 4.09. The zero-order valence-electron chi connectivity index (χ0n) is 21.7. The molecule has 0 bridgehead atoms. The van der Waals surface area contributed by atoms with E-state index in [0.29, 0.717) is 17.9 Å². The second-order valence-corrected chi connectivity index (χ2v) is 10.5. The summed E-state index contributed by atoms with van der Waals surface area (Å²) in [6, 6.07) is 22.9. The molecular weight excluding hydrogens is 440 g/mol. The van der Waals surface area contributed by atoms with Crippen LogP contribution in [0.5, 0.6) is 5.75 Å². The van der Waals surface area contributed by atoms with E-state index in [0.717, 1.165) is 31.7 Å². The highest BCUT2D eigenvalue weighted by molar-refractivity contribution is 6.08. The molecule has 186 valence electrons. The minimum Gasteiger partial charge on any atom is -0.494 e. The number of aryl methyl sites for hydroxylation is 1. The molecule has 2 aliphatic rings. The average molecular weight is 479 g/mol. The number of rotatable bonds is 9. The van der Waals surface area contributed by atoms with Crippen molar-refractivity contribution in [1.29, 1.82) is 0 Å². The number of hydrogen-bond donors (Lipinski definition) is 1. The second kappa shape index (κ2) is 10.0. The quantitative estimate of drug-likeness (QED) is 0.192. The predicted molar refractivity (Wildman–Crippen MR) is 152 cm³/mol. The van der Waals surface area contributed by atoms with Crippen LogP contribution in [-0.4, -0.2) is 11.2 Å². The van der Waals surface area contributed by atoms with E-state index in [9.17, 15) is 0 Å². The van der Waals surface area contributed by atoms with E-state index in [4.69, 9.17) is 4.74 Å². The zero-order valence-corrected chi connectivity index (χ0v) is 21.7. The van der Waals surface area contributed by atoms with Crippen LogP contribution in [0.4, 0.5) is 5.69 Å². The van der Waals surface area contributed by atoms with E-state index in [-0.39, 0.29) is 0 Å². The van der Waals surface area contributed by atoms with Gasteiger partial charge in [0.05, 0.1) is 12.6 Å². The Morgan fingerprint density at radius 1 is 0.889 bits per heavy atom. The number of ether oxygens (including phenoxy) is 1. The number of benzene rings is 3. The van der Waals surface area contributed by atoms with Gasteiger partial charge in [-0.3, -0.25) is 0 Å². The number of para-hydroxylation sites is 1. The molecule has 0 fully saturated rings. The standard InChI is InChI=1S/C33H38N2O/c1-3-5-6-7-10-20-36-24-17-18-30-28(22-24)25-13-11-14-27(25)33(34-30)23-16-19-32-29(21-23)26-12-8-9-15-31(26)35(32)4-2/h8-9,11-13,15-19,21-22,25,27,33-34H,3-7,10,14,20H2,1-2H3. The van der Waals surface area contributed by atoms with Crippen LogP contribution in [0.2, 0.25) is 0 Å². The molecular formula is C33H38N2O. The summed E-state index contributed by atoms with van der Waals surface area (Å²) in [6.45, 7) is 6.29. The van der Waals surface area contributed by atoms with Crippen molar-refractivity contribution < 1.29 is 4.74 Å². The maximum Gasteiger partial charge on any atom is 0.119 e. The Morgan fingerprint density at radius 3 is 2.64 bits per heavy atom. The fourth-order valence-corrected chi connectivity index (χ4v) is 6.49. The third-order valence-electron chi connectivity index (χ3n) is 8.32. The number of nitrogens with zero attached hydrogens (tertiary/aromatic N) is 1. The van der Waals surface area contributed by atoms with Crippen molar-refractivity contribution in [3.8, 4) is 5.75 Å². The van der Waals surface area contributed by atoms with Gasteiger partial charge >= 0.3 is 0 Å². The molecule has 6 rings (SSSR count). The van der Waals surface area contributed by atoms with E-state index in [1.165, 1.54) is 64.3 Å². The molecule has 1 aromatic heterocycles. The van der Waals surface area contributed by atoms with Gasteiger partial charge in [-0.05, 0) is 73.2 Å². The fraction of sp³-hybridized carbons (Fsp3) is 0.394. The van der Waals surface area contributed by atoms with Crippen LogP contribution in [0, 0.1) is 5.92 Å². The van der Waals surface area contributed by atoms with Crippen molar-refractivity contribution >= 4 is 27.5 Å². The molecule has 2 heterocycles. The lowest BCUT2D eigenvalue weighted by Crippen LogP contribution is -2.29. The van der Waals surface area contributed by atoms with Gasteiger partial charge in [0.1, 0.15) is 5.75 Å². The van der Waals surface area contributed by atoms with Crippen molar-refractivity contribution in [1.82, 2.24) is 4.57 Å². The first-order chi connectivity index (χ1) is 17.8. The van der Waals surface area contributed by atoms with Crippen molar-refractivity contribution in [3.05, 3.63) is 83.9 Å². The lowest BCUT2D eigenvalue weighted by atomic mass is 9.77. The van der Waals surface area contributed by atoms with Gasteiger partial charge < -0.3 is 14.6 Å².